The van der Waals surface area contributed by atoms with E-state index in [1.165, 1.54) is 0 Å². The third-order valence-corrected chi connectivity index (χ3v) is 2.37. The van der Waals surface area contributed by atoms with Gasteiger partial charge in [-0.25, -0.2) is 4.98 Å². The molecule has 0 radical (unpaired) electrons. The molecule has 1 atom stereocenters. The first kappa shape index (κ1) is 11.8. The predicted octanol–water partition coefficient (Wildman–Crippen LogP) is 1.61. The summed E-state index contributed by atoms with van der Waals surface area (Å²) in [5.41, 5.74) is 0. The maximum absolute atomic E-state index is 11.7. The summed E-state index contributed by atoms with van der Waals surface area (Å²) in [5, 5.41) is 2.91. The van der Waals surface area contributed by atoms with Crippen LogP contribution in [0.25, 0.3) is 0 Å². The molecule has 0 fully saturated rings. The highest BCUT2D eigenvalue weighted by Gasteiger charge is 2.12. The number of nitrogens with one attached hydrogen (secondary N) is 1. The highest BCUT2D eigenvalue weighted by molar-refractivity contribution is 5.79. The molecule has 0 aromatic carbocycles. The van der Waals surface area contributed by atoms with Gasteiger partial charge in [0.25, 0.3) is 0 Å². The van der Waals surface area contributed by atoms with Crippen LogP contribution in [0, 0.1) is 5.92 Å². The van der Waals surface area contributed by atoms with E-state index in [0.717, 1.165) is 13.0 Å². The number of carbonyl (C=O) groups excluding carboxylic acids is 1. The number of hydrogen-bond acceptors (Lipinski definition) is 2. The maximum atomic E-state index is 11.7. The zero-order chi connectivity index (χ0) is 11.3. The molecule has 0 saturated heterocycles. The van der Waals surface area contributed by atoms with E-state index in [1.807, 2.05) is 6.92 Å². The van der Waals surface area contributed by atoms with Gasteiger partial charge in [0.1, 0.15) is 6.04 Å². The van der Waals surface area contributed by atoms with Crippen molar-refractivity contribution >= 4 is 5.91 Å². The van der Waals surface area contributed by atoms with Gasteiger partial charge < -0.3 is 9.88 Å². The highest BCUT2D eigenvalue weighted by atomic mass is 16.2. The highest BCUT2D eigenvalue weighted by Crippen LogP contribution is 2.04. The van der Waals surface area contributed by atoms with Crippen molar-refractivity contribution in [3.8, 4) is 0 Å². The molecular formula is C11H19N3O. The lowest BCUT2D eigenvalue weighted by Crippen LogP contribution is -2.31. The SMILES string of the molecule is CC(C)CCNC(=O)C(C)n1ccnc1. The molecule has 0 spiro atoms. The first-order valence-electron chi connectivity index (χ1n) is 5.36. The smallest absolute Gasteiger partial charge is 0.242 e. The Morgan fingerprint density at radius 3 is 2.73 bits per heavy atom. The van der Waals surface area contributed by atoms with Crippen molar-refractivity contribution in [2.24, 2.45) is 5.92 Å². The van der Waals surface area contributed by atoms with E-state index in [1.54, 1.807) is 23.3 Å². The van der Waals surface area contributed by atoms with E-state index >= 15 is 0 Å². The van der Waals surface area contributed by atoms with Gasteiger partial charge in [-0.3, -0.25) is 4.79 Å². The summed E-state index contributed by atoms with van der Waals surface area (Å²) in [5.74, 6) is 0.669. The second kappa shape index (κ2) is 5.53. The Kier molecular flexibility index (Phi) is 4.34. The summed E-state index contributed by atoms with van der Waals surface area (Å²) in [6.45, 7) is 6.90. The summed E-state index contributed by atoms with van der Waals surface area (Å²) in [4.78, 5) is 15.6. The number of imidazole rings is 1. The van der Waals surface area contributed by atoms with Crippen LogP contribution in [0.2, 0.25) is 0 Å². The fourth-order valence-electron chi connectivity index (χ4n) is 1.27. The van der Waals surface area contributed by atoms with Crippen LogP contribution in [0.3, 0.4) is 0 Å². The van der Waals surface area contributed by atoms with Crippen molar-refractivity contribution in [3.05, 3.63) is 18.7 Å². The molecule has 1 unspecified atom stereocenters. The molecule has 1 aromatic rings. The first-order valence-corrected chi connectivity index (χ1v) is 5.36. The topological polar surface area (TPSA) is 46.9 Å². The Morgan fingerprint density at radius 1 is 1.47 bits per heavy atom. The minimum Gasteiger partial charge on any atom is -0.354 e. The van der Waals surface area contributed by atoms with Crippen LogP contribution in [0.5, 0.6) is 0 Å². The number of nitrogens with zero attached hydrogens (tertiary/aromatic N) is 2. The molecule has 4 heteroatoms. The van der Waals surface area contributed by atoms with Crippen molar-refractivity contribution < 1.29 is 4.79 Å². The van der Waals surface area contributed by atoms with Gasteiger partial charge in [0.2, 0.25) is 5.91 Å². The van der Waals surface area contributed by atoms with Gasteiger partial charge in [0.15, 0.2) is 0 Å². The molecule has 1 heterocycles. The molecule has 1 amide bonds. The Bertz CT molecular complexity index is 293. The zero-order valence-electron chi connectivity index (χ0n) is 9.60. The Hall–Kier alpha value is -1.32. The number of aromatic nitrogens is 2. The lowest BCUT2D eigenvalue weighted by atomic mass is 10.1. The lowest BCUT2D eigenvalue weighted by molar-refractivity contribution is -0.123. The summed E-state index contributed by atoms with van der Waals surface area (Å²) < 4.78 is 1.80. The van der Waals surface area contributed by atoms with Crippen molar-refractivity contribution in [2.75, 3.05) is 6.54 Å². The van der Waals surface area contributed by atoms with Crippen LogP contribution in [-0.2, 0) is 4.79 Å². The van der Waals surface area contributed by atoms with Crippen LogP contribution in [0.4, 0.5) is 0 Å². The van der Waals surface area contributed by atoms with E-state index in [2.05, 4.69) is 24.1 Å². The second-order valence-electron chi connectivity index (χ2n) is 4.16. The molecule has 0 aliphatic rings. The number of hydrogen-bond donors (Lipinski definition) is 1. The predicted molar refractivity (Wildman–Crippen MR) is 59.4 cm³/mol. The molecule has 1 N–H and O–H groups in total. The monoisotopic (exact) mass is 209 g/mol. The lowest BCUT2D eigenvalue weighted by Gasteiger charge is -2.13. The van der Waals surface area contributed by atoms with Crippen molar-refractivity contribution in [1.82, 2.24) is 14.9 Å². The van der Waals surface area contributed by atoms with Gasteiger partial charge in [-0.05, 0) is 19.3 Å². The molecule has 4 nitrogen and oxygen atoms in total. The van der Waals surface area contributed by atoms with Gasteiger partial charge in [-0.15, -0.1) is 0 Å². The summed E-state index contributed by atoms with van der Waals surface area (Å²) >= 11 is 0. The Balaban J connectivity index is 2.34. The molecule has 15 heavy (non-hydrogen) atoms. The largest absolute Gasteiger partial charge is 0.354 e. The molecule has 0 aliphatic heterocycles. The average molecular weight is 209 g/mol. The molecular weight excluding hydrogens is 190 g/mol. The van der Waals surface area contributed by atoms with Gasteiger partial charge in [-0.1, -0.05) is 13.8 Å². The number of rotatable bonds is 5. The van der Waals surface area contributed by atoms with Gasteiger partial charge in [0, 0.05) is 18.9 Å². The Labute approximate surface area is 90.7 Å². The van der Waals surface area contributed by atoms with Crippen LogP contribution < -0.4 is 5.32 Å². The molecule has 84 valence electrons. The Morgan fingerprint density at radius 2 is 2.20 bits per heavy atom. The van der Waals surface area contributed by atoms with Crippen LogP contribution in [-0.4, -0.2) is 22.0 Å². The number of carbonyl (C=O) groups is 1. The standard InChI is InChI=1S/C11H19N3O/c1-9(2)4-5-13-11(15)10(3)14-7-6-12-8-14/h6-10H,4-5H2,1-3H3,(H,13,15). The fraction of sp³-hybridized carbons (Fsp3) is 0.636. The second-order valence-corrected chi connectivity index (χ2v) is 4.16. The van der Waals surface area contributed by atoms with Gasteiger partial charge in [-0.2, -0.15) is 0 Å². The quantitative estimate of drug-likeness (QED) is 0.800. The van der Waals surface area contributed by atoms with Crippen LogP contribution >= 0.6 is 0 Å². The first-order chi connectivity index (χ1) is 7.11. The molecule has 0 aliphatic carbocycles. The van der Waals surface area contributed by atoms with E-state index in [-0.39, 0.29) is 11.9 Å². The minimum atomic E-state index is -0.181. The minimum absolute atomic E-state index is 0.0497. The zero-order valence-corrected chi connectivity index (χ0v) is 9.60. The van der Waals surface area contributed by atoms with Crippen molar-refractivity contribution in [3.63, 3.8) is 0 Å². The van der Waals surface area contributed by atoms with E-state index in [0.29, 0.717) is 5.92 Å². The van der Waals surface area contributed by atoms with E-state index in [4.69, 9.17) is 0 Å². The van der Waals surface area contributed by atoms with Crippen molar-refractivity contribution in [2.45, 2.75) is 33.2 Å². The normalized spacial score (nSPS) is 12.8. The van der Waals surface area contributed by atoms with Gasteiger partial charge >= 0.3 is 0 Å². The van der Waals surface area contributed by atoms with E-state index in [9.17, 15) is 4.79 Å². The third kappa shape index (κ3) is 3.73. The van der Waals surface area contributed by atoms with Gasteiger partial charge in [0.05, 0.1) is 6.33 Å². The molecule has 1 aromatic heterocycles. The molecule has 0 bridgehead atoms. The molecule has 1 rings (SSSR count). The third-order valence-electron chi connectivity index (χ3n) is 2.37. The average Bonchev–Trinajstić information content (AvgIpc) is 2.68. The summed E-state index contributed by atoms with van der Waals surface area (Å²) in [6, 6.07) is -0.181. The van der Waals surface area contributed by atoms with Crippen molar-refractivity contribution in [1.29, 1.82) is 0 Å². The number of amides is 1. The maximum Gasteiger partial charge on any atom is 0.242 e. The summed E-state index contributed by atoms with van der Waals surface area (Å²) in [6.07, 6.45) is 6.15. The van der Waals surface area contributed by atoms with Crippen LogP contribution in [0.15, 0.2) is 18.7 Å². The summed E-state index contributed by atoms with van der Waals surface area (Å²) in [7, 11) is 0. The molecule has 0 saturated carbocycles. The fourth-order valence-corrected chi connectivity index (χ4v) is 1.27. The van der Waals surface area contributed by atoms with Crippen LogP contribution in [0.1, 0.15) is 33.2 Å². The van der Waals surface area contributed by atoms with E-state index < -0.39 is 0 Å².